The summed E-state index contributed by atoms with van der Waals surface area (Å²) in [6.45, 7) is 1.67. The summed E-state index contributed by atoms with van der Waals surface area (Å²) in [5, 5.41) is 5.64. The van der Waals surface area contributed by atoms with E-state index >= 15 is 0 Å². The second kappa shape index (κ2) is 8.71. The Morgan fingerprint density at radius 2 is 1.52 bits per heavy atom. The van der Waals surface area contributed by atoms with Gasteiger partial charge >= 0.3 is 0 Å². The maximum Gasteiger partial charge on any atom is 0.261 e. The molecule has 2 N–H and O–H groups in total. The zero-order valence-electron chi connectivity index (χ0n) is 17.4. The van der Waals surface area contributed by atoms with Crippen LogP contribution in [0, 0.1) is 11.8 Å². The van der Waals surface area contributed by atoms with Gasteiger partial charge in [0.25, 0.3) is 11.8 Å². The van der Waals surface area contributed by atoms with Crippen LogP contribution in [0.3, 0.4) is 0 Å². The lowest BCUT2D eigenvalue weighted by atomic mass is 9.78. The molecule has 160 valence electrons. The number of benzene rings is 2. The summed E-state index contributed by atoms with van der Waals surface area (Å²) < 4.78 is 0. The predicted molar refractivity (Wildman–Crippen MR) is 117 cm³/mol. The molecular weight excluding hydrogens is 394 g/mol. The Morgan fingerprint density at radius 3 is 2.16 bits per heavy atom. The van der Waals surface area contributed by atoms with E-state index in [1.165, 1.54) is 11.8 Å². The van der Waals surface area contributed by atoms with Gasteiger partial charge in [0.15, 0.2) is 0 Å². The maximum absolute atomic E-state index is 13.1. The Labute approximate surface area is 180 Å². The monoisotopic (exact) mass is 419 g/mol. The van der Waals surface area contributed by atoms with Crippen LogP contribution >= 0.6 is 0 Å². The number of carbonyl (C=O) groups excluding carboxylic acids is 4. The van der Waals surface area contributed by atoms with Crippen LogP contribution in [0.1, 0.15) is 53.3 Å². The molecule has 1 saturated carbocycles. The van der Waals surface area contributed by atoms with Crippen LogP contribution in [0.25, 0.3) is 0 Å². The van der Waals surface area contributed by atoms with E-state index in [0.29, 0.717) is 28.9 Å². The van der Waals surface area contributed by atoms with Crippen molar-refractivity contribution in [1.29, 1.82) is 0 Å². The summed E-state index contributed by atoms with van der Waals surface area (Å²) >= 11 is 0. The first-order chi connectivity index (χ1) is 14.9. The number of hydrogen-bond donors (Lipinski definition) is 2. The number of imide groups is 1. The van der Waals surface area contributed by atoms with Crippen molar-refractivity contribution >= 4 is 35.0 Å². The minimum atomic E-state index is -0.289. The van der Waals surface area contributed by atoms with Gasteiger partial charge in [0.2, 0.25) is 11.8 Å². The van der Waals surface area contributed by atoms with Gasteiger partial charge in [-0.15, -0.1) is 0 Å². The molecule has 2 atom stereocenters. The van der Waals surface area contributed by atoms with E-state index in [0.717, 1.165) is 19.3 Å². The smallest absolute Gasteiger partial charge is 0.261 e. The highest BCUT2D eigenvalue weighted by Crippen LogP contribution is 2.34. The summed E-state index contributed by atoms with van der Waals surface area (Å²) in [7, 11) is 0. The van der Waals surface area contributed by atoms with Crippen LogP contribution in [0.2, 0.25) is 0 Å². The van der Waals surface area contributed by atoms with Crippen LogP contribution in [-0.2, 0) is 9.59 Å². The first-order valence-corrected chi connectivity index (χ1v) is 10.6. The van der Waals surface area contributed by atoms with Crippen LogP contribution in [-0.4, -0.2) is 35.1 Å². The molecule has 1 heterocycles. The Balaban J connectivity index is 1.47. The Kier molecular flexibility index (Phi) is 5.84. The third-order valence-electron chi connectivity index (χ3n) is 5.99. The molecule has 2 unspecified atom stereocenters. The number of hydrogen-bond acceptors (Lipinski definition) is 4. The quantitative estimate of drug-likeness (QED) is 0.723. The zero-order valence-corrected chi connectivity index (χ0v) is 17.4. The Hall–Kier alpha value is -3.48. The molecule has 2 aliphatic rings. The molecule has 2 aromatic carbocycles. The highest BCUT2D eigenvalue weighted by molar-refractivity contribution is 6.21. The molecule has 7 nitrogen and oxygen atoms in total. The molecule has 7 heteroatoms. The van der Waals surface area contributed by atoms with Gasteiger partial charge < -0.3 is 10.6 Å². The van der Waals surface area contributed by atoms with Crippen molar-refractivity contribution in [3.8, 4) is 0 Å². The van der Waals surface area contributed by atoms with E-state index in [1.807, 2.05) is 0 Å². The number of carbonyl (C=O) groups is 4. The zero-order chi connectivity index (χ0) is 22.0. The summed E-state index contributed by atoms with van der Waals surface area (Å²) in [6, 6.07) is 13.8. The van der Waals surface area contributed by atoms with E-state index < -0.39 is 0 Å². The van der Waals surface area contributed by atoms with Crippen LogP contribution in [0.15, 0.2) is 48.5 Å². The van der Waals surface area contributed by atoms with Crippen LogP contribution in [0.5, 0.6) is 0 Å². The first-order valence-electron chi connectivity index (χ1n) is 10.6. The van der Waals surface area contributed by atoms with Gasteiger partial charge in [-0.3, -0.25) is 24.1 Å². The van der Waals surface area contributed by atoms with Gasteiger partial charge in [0, 0.05) is 30.8 Å². The third kappa shape index (κ3) is 4.35. The van der Waals surface area contributed by atoms with Crippen molar-refractivity contribution in [2.45, 2.75) is 32.6 Å². The van der Waals surface area contributed by atoms with Crippen molar-refractivity contribution in [2.24, 2.45) is 11.8 Å². The van der Waals surface area contributed by atoms with Crippen molar-refractivity contribution in [3.05, 3.63) is 59.7 Å². The number of nitrogens with zero attached hydrogens (tertiary/aromatic N) is 1. The topological polar surface area (TPSA) is 95.6 Å². The summed E-state index contributed by atoms with van der Waals surface area (Å²) in [5.41, 5.74) is 2.07. The largest absolute Gasteiger partial charge is 0.326 e. The van der Waals surface area contributed by atoms with Crippen molar-refractivity contribution in [2.75, 3.05) is 17.2 Å². The molecule has 2 aromatic rings. The van der Waals surface area contributed by atoms with E-state index in [1.54, 1.807) is 48.5 Å². The van der Waals surface area contributed by atoms with E-state index in [9.17, 15) is 19.2 Å². The summed E-state index contributed by atoms with van der Waals surface area (Å²) in [6.07, 6.45) is 3.40. The molecule has 0 radical (unpaired) electrons. The molecule has 1 aliphatic heterocycles. The lowest BCUT2D eigenvalue weighted by Gasteiger charge is -2.32. The number of anilines is 2. The van der Waals surface area contributed by atoms with Gasteiger partial charge in [-0.25, -0.2) is 0 Å². The molecule has 1 aliphatic carbocycles. The number of rotatable bonds is 5. The minimum absolute atomic E-state index is 0.0884. The van der Waals surface area contributed by atoms with Crippen molar-refractivity contribution in [3.63, 3.8) is 0 Å². The first kappa shape index (κ1) is 20.8. The van der Waals surface area contributed by atoms with Crippen LogP contribution in [0.4, 0.5) is 11.4 Å². The molecule has 4 amide bonds. The molecule has 0 bridgehead atoms. The highest BCUT2D eigenvalue weighted by atomic mass is 16.2. The Bertz CT molecular complexity index is 1010. The summed E-state index contributed by atoms with van der Waals surface area (Å²) in [5.74, 6) is -1.25. The highest BCUT2D eigenvalue weighted by Gasteiger charge is 2.40. The molecule has 0 aromatic heterocycles. The average molecular weight is 419 g/mol. The third-order valence-corrected chi connectivity index (χ3v) is 5.99. The molecule has 31 heavy (non-hydrogen) atoms. The van der Waals surface area contributed by atoms with Gasteiger partial charge in [0.05, 0.1) is 11.1 Å². The van der Waals surface area contributed by atoms with Gasteiger partial charge in [0.1, 0.15) is 0 Å². The van der Waals surface area contributed by atoms with E-state index in [2.05, 4.69) is 10.6 Å². The Morgan fingerprint density at radius 1 is 0.903 bits per heavy atom. The lowest BCUT2D eigenvalue weighted by molar-refractivity contribution is -0.122. The fourth-order valence-corrected chi connectivity index (χ4v) is 4.52. The van der Waals surface area contributed by atoms with Crippen LogP contribution < -0.4 is 10.6 Å². The SMILES string of the molecule is CC(=O)Nc1cccc(NC(=O)C2CCCCC2CN2C(=O)c3ccccc3C2=O)c1. The fourth-order valence-electron chi connectivity index (χ4n) is 4.52. The van der Waals surface area contributed by atoms with Gasteiger partial charge in [-0.05, 0) is 49.1 Å². The normalized spacial score (nSPS) is 20.4. The molecule has 4 rings (SSSR count). The predicted octanol–water partition coefficient (Wildman–Crippen LogP) is 3.69. The van der Waals surface area contributed by atoms with Crippen molar-refractivity contribution in [1.82, 2.24) is 4.90 Å². The van der Waals surface area contributed by atoms with Gasteiger partial charge in [-0.2, -0.15) is 0 Å². The van der Waals surface area contributed by atoms with E-state index in [-0.39, 0.29) is 42.0 Å². The molecule has 1 fully saturated rings. The standard InChI is InChI=1S/C24H25N3O4/c1-15(28)25-17-8-6-9-18(13-17)26-22(29)19-10-3-2-7-16(19)14-27-23(30)20-11-4-5-12-21(20)24(27)31/h4-6,8-9,11-13,16,19H,2-3,7,10,14H2,1H3,(H,25,28)(H,26,29). The molecule has 0 saturated heterocycles. The van der Waals surface area contributed by atoms with E-state index in [4.69, 9.17) is 0 Å². The molecule has 0 spiro atoms. The summed E-state index contributed by atoms with van der Waals surface area (Å²) in [4.78, 5) is 51.1. The molecular formula is C24H25N3O4. The minimum Gasteiger partial charge on any atom is -0.326 e. The van der Waals surface area contributed by atoms with Crippen molar-refractivity contribution < 1.29 is 19.2 Å². The number of fused-ring (bicyclic) bond motifs is 1. The lowest BCUT2D eigenvalue weighted by Crippen LogP contribution is -2.41. The second-order valence-electron chi connectivity index (χ2n) is 8.17. The maximum atomic E-state index is 13.1. The average Bonchev–Trinajstić information content (AvgIpc) is 2.99. The fraction of sp³-hybridized carbons (Fsp3) is 0.333. The number of amides is 4. The second-order valence-corrected chi connectivity index (χ2v) is 8.17. The van der Waals surface area contributed by atoms with Gasteiger partial charge in [-0.1, -0.05) is 31.0 Å². The number of nitrogens with one attached hydrogen (secondary N) is 2.